The average Bonchev–Trinajstić information content (AvgIpc) is 2.85. The normalized spacial score (nSPS) is 19.2. The highest BCUT2D eigenvalue weighted by atomic mass is 19.1. The molecule has 0 aromatic heterocycles. The molecule has 0 spiro atoms. The minimum atomic E-state index is -1.09. The third kappa shape index (κ3) is 2.93. The molecule has 0 amide bonds. The second-order valence-corrected chi connectivity index (χ2v) is 5.25. The number of carboxylic acid groups (broad SMARTS) is 1. The quantitative estimate of drug-likeness (QED) is 0.899. The number of aromatic carboxylic acids is 1. The smallest absolute Gasteiger partial charge is 0.337 e. The van der Waals surface area contributed by atoms with E-state index in [-0.39, 0.29) is 11.3 Å². The van der Waals surface area contributed by atoms with Crippen LogP contribution in [-0.2, 0) is 0 Å². The molecular weight excluding hydrogens is 259 g/mol. The molecule has 0 bridgehead atoms. The van der Waals surface area contributed by atoms with Crippen molar-refractivity contribution in [1.29, 1.82) is 0 Å². The van der Waals surface area contributed by atoms with Gasteiger partial charge in [0.25, 0.3) is 0 Å². The van der Waals surface area contributed by atoms with Gasteiger partial charge in [-0.05, 0) is 38.1 Å². The predicted octanol–water partition coefficient (Wildman–Crippen LogP) is 2.44. The summed E-state index contributed by atoms with van der Waals surface area (Å²) >= 11 is 0. The Balaban J connectivity index is 2.20. The highest BCUT2D eigenvalue weighted by Gasteiger charge is 2.26. The second-order valence-electron chi connectivity index (χ2n) is 5.25. The van der Waals surface area contributed by atoms with E-state index in [1.807, 2.05) is 0 Å². The third-order valence-corrected chi connectivity index (χ3v) is 3.99. The molecule has 110 valence electrons. The molecule has 5 heteroatoms. The number of carboxylic acids is 1. The van der Waals surface area contributed by atoms with Crippen LogP contribution in [0.25, 0.3) is 0 Å². The van der Waals surface area contributed by atoms with Crippen molar-refractivity contribution >= 4 is 11.7 Å². The van der Waals surface area contributed by atoms with Gasteiger partial charge in [0.1, 0.15) is 5.82 Å². The van der Waals surface area contributed by atoms with Crippen LogP contribution in [0.2, 0.25) is 0 Å². The number of rotatable bonds is 5. The van der Waals surface area contributed by atoms with E-state index < -0.39 is 11.8 Å². The Morgan fingerprint density at radius 2 is 2.30 bits per heavy atom. The van der Waals surface area contributed by atoms with Gasteiger partial charge < -0.3 is 10.0 Å². The summed E-state index contributed by atoms with van der Waals surface area (Å²) in [7, 11) is 1.76. The maximum absolute atomic E-state index is 14.0. The topological polar surface area (TPSA) is 43.8 Å². The molecule has 1 heterocycles. The summed E-state index contributed by atoms with van der Waals surface area (Å²) in [6.07, 6.45) is 2.23. The summed E-state index contributed by atoms with van der Waals surface area (Å²) in [5.41, 5.74) is 0.205. The van der Waals surface area contributed by atoms with E-state index in [1.165, 1.54) is 18.2 Å². The SMILES string of the molecule is CCN1CCCC1CN(C)c1c(F)cccc1C(=O)O. The predicted molar refractivity (Wildman–Crippen MR) is 76.9 cm³/mol. The molecule has 1 aliphatic rings. The zero-order chi connectivity index (χ0) is 14.7. The molecule has 1 atom stereocenters. The van der Waals surface area contributed by atoms with Crippen LogP contribution in [0.3, 0.4) is 0 Å². The summed E-state index contributed by atoms with van der Waals surface area (Å²) in [6, 6.07) is 4.56. The minimum absolute atomic E-state index is 0.0218. The van der Waals surface area contributed by atoms with Gasteiger partial charge in [-0.15, -0.1) is 0 Å². The Morgan fingerprint density at radius 3 is 2.95 bits per heavy atom. The van der Waals surface area contributed by atoms with Crippen molar-refractivity contribution in [2.75, 3.05) is 31.6 Å². The number of anilines is 1. The first-order chi connectivity index (χ1) is 9.54. The number of hydrogen-bond donors (Lipinski definition) is 1. The molecule has 1 unspecified atom stereocenters. The Kier molecular flexibility index (Phi) is 4.60. The van der Waals surface area contributed by atoms with Gasteiger partial charge >= 0.3 is 5.97 Å². The average molecular weight is 280 g/mol. The van der Waals surface area contributed by atoms with E-state index in [4.69, 9.17) is 0 Å². The zero-order valence-corrected chi connectivity index (χ0v) is 12.0. The van der Waals surface area contributed by atoms with E-state index in [0.29, 0.717) is 12.6 Å². The summed E-state index contributed by atoms with van der Waals surface area (Å²) < 4.78 is 14.0. The third-order valence-electron chi connectivity index (χ3n) is 3.99. The lowest BCUT2D eigenvalue weighted by molar-refractivity contribution is 0.0697. The Hall–Kier alpha value is -1.62. The van der Waals surface area contributed by atoms with Crippen molar-refractivity contribution in [3.8, 4) is 0 Å². The highest BCUT2D eigenvalue weighted by molar-refractivity contribution is 5.94. The highest BCUT2D eigenvalue weighted by Crippen LogP contribution is 2.26. The number of hydrogen-bond acceptors (Lipinski definition) is 3. The van der Waals surface area contributed by atoms with Crippen molar-refractivity contribution in [3.05, 3.63) is 29.6 Å². The molecule has 1 N–H and O–H groups in total. The van der Waals surface area contributed by atoms with Crippen LogP contribution in [0.1, 0.15) is 30.1 Å². The molecule has 1 aliphatic heterocycles. The molecule has 4 nitrogen and oxygen atoms in total. The fourth-order valence-electron chi connectivity index (χ4n) is 3.00. The fraction of sp³-hybridized carbons (Fsp3) is 0.533. The summed E-state index contributed by atoms with van der Waals surface area (Å²) in [5, 5.41) is 9.19. The summed E-state index contributed by atoms with van der Waals surface area (Å²) in [4.78, 5) is 15.3. The monoisotopic (exact) mass is 280 g/mol. The lowest BCUT2D eigenvalue weighted by Crippen LogP contribution is -2.39. The van der Waals surface area contributed by atoms with Crippen molar-refractivity contribution < 1.29 is 14.3 Å². The van der Waals surface area contributed by atoms with Gasteiger partial charge in [0.05, 0.1) is 11.3 Å². The molecule has 1 aromatic carbocycles. The van der Waals surface area contributed by atoms with Gasteiger partial charge in [-0.1, -0.05) is 13.0 Å². The first-order valence-corrected chi connectivity index (χ1v) is 7.01. The maximum Gasteiger partial charge on any atom is 0.337 e. The second kappa shape index (κ2) is 6.22. The summed E-state index contributed by atoms with van der Waals surface area (Å²) in [5.74, 6) is -1.57. The molecule has 20 heavy (non-hydrogen) atoms. The van der Waals surface area contributed by atoms with Crippen LogP contribution >= 0.6 is 0 Å². The van der Waals surface area contributed by atoms with Crippen molar-refractivity contribution in [3.63, 3.8) is 0 Å². The number of likely N-dealkylation sites (N-methyl/N-ethyl adjacent to an activating group) is 2. The number of halogens is 1. The van der Waals surface area contributed by atoms with E-state index in [9.17, 15) is 14.3 Å². The molecule has 1 fully saturated rings. The van der Waals surface area contributed by atoms with Gasteiger partial charge in [-0.2, -0.15) is 0 Å². The van der Waals surface area contributed by atoms with Crippen molar-refractivity contribution in [2.45, 2.75) is 25.8 Å². The van der Waals surface area contributed by atoms with Crippen molar-refractivity contribution in [1.82, 2.24) is 4.90 Å². The molecule has 0 radical (unpaired) electrons. The van der Waals surface area contributed by atoms with E-state index in [0.717, 1.165) is 25.9 Å². The van der Waals surface area contributed by atoms with Crippen LogP contribution in [0.5, 0.6) is 0 Å². The standard InChI is InChI=1S/C15H21FN2O2/c1-3-18-9-5-6-11(18)10-17(2)14-12(15(19)20)7-4-8-13(14)16/h4,7-8,11H,3,5-6,9-10H2,1-2H3,(H,19,20). The Morgan fingerprint density at radius 1 is 1.55 bits per heavy atom. The Labute approximate surface area is 118 Å². The molecule has 2 rings (SSSR count). The van der Waals surface area contributed by atoms with Gasteiger partial charge in [-0.25, -0.2) is 9.18 Å². The summed E-state index contributed by atoms with van der Waals surface area (Å²) in [6.45, 7) is 4.80. The maximum atomic E-state index is 14.0. The van der Waals surface area contributed by atoms with Gasteiger partial charge in [0.15, 0.2) is 0 Å². The Bertz CT molecular complexity index is 493. The first-order valence-electron chi connectivity index (χ1n) is 7.01. The lowest BCUT2D eigenvalue weighted by atomic mass is 10.1. The van der Waals surface area contributed by atoms with E-state index in [2.05, 4.69) is 11.8 Å². The van der Waals surface area contributed by atoms with Gasteiger partial charge in [0, 0.05) is 19.6 Å². The van der Waals surface area contributed by atoms with E-state index >= 15 is 0 Å². The lowest BCUT2D eigenvalue weighted by Gasteiger charge is -2.29. The fourth-order valence-corrected chi connectivity index (χ4v) is 3.00. The minimum Gasteiger partial charge on any atom is -0.478 e. The number of carbonyl (C=O) groups is 1. The van der Waals surface area contributed by atoms with Crippen LogP contribution in [0, 0.1) is 5.82 Å². The van der Waals surface area contributed by atoms with Crippen LogP contribution < -0.4 is 4.90 Å². The number of likely N-dealkylation sites (tertiary alicyclic amines) is 1. The molecular formula is C15H21FN2O2. The molecule has 0 aliphatic carbocycles. The van der Waals surface area contributed by atoms with Crippen LogP contribution in [-0.4, -0.2) is 48.7 Å². The molecule has 0 saturated carbocycles. The molecule has 1 saturated heterocycles. The molecule has 1 aromatic rings. The van der Waals surface area contributed by atoms with Crippen molar-refractivity contribution in [2.24, 2.45) is 0 Å². The largest absolute Gasteiger partial charge is 0.478 e. The van der Waals surface area contributed by atoms with Gasteiger partial charge in [-0.3, -0.25) is 4.90 Å². The number of benzene rings is 1. The zero-order valence-electron chi connectivity index (χ0n) is 12.0. The van der Waals surface area contributed by atoms with Crippen LogP contribution in [0.4, 0.5) is 10.1 Å². The van der Waals surface area contributed by atoms with E-state index in [1.54, 1.807) is 11.9 Å². The first kappa shape index (κ1) is 14.8. The number of para-hydroxylation sites is 1. The van der Waals surface area contributed by atoms with Gasteiger partial charge in [0.2, 0.25) is 0 Å². The van der Waals surface area contributed by atoms with Crippen LogP contribution in [0.15, 0.2) is 18.2 Å². The number of nitrogens with zero attached hydrogens (tertiary/aromatic N) is 2.